The van der Waals surface area contributed by atoms with Crippen molar-refractivity contribution in [3.8, 4) is 5.75 Å². The van der Waals surface area contributed by atoms with Crippen LogP contribution in [0.5, 0.6) is 5.75 Å². The molecule has 1 rings (SSSR count). The van der Waals surface area contributed by atoms with Crippen LogP contribution in [0.25, 0.3) is 0 Å². The lowest BCUT2D eigenvalue weighted by molar-refractivity contribution is -0.385. The lowest BCUT2D eigenvalue weighted by Crippen LogP contribution is -2.35. The normalized spacial score (nSPS) is 11.7. The molecule has 0 saturated heterocycles. The second-order valence-electron chi connectivity index (χ2n) is 5.25. The highest BCUT2D eigenvalue weighted by Gasteiger charge is 2.18. The molecule has 0 aliphatic rings. The Bertz CT molecular complexity index is 454. The Morgan fingerprint density at radius 2 is 2.11 bits per heavy atom. The summed E-state index contributed by atoms with van der Waals surface area (Å²) in [5.74, 6) is 0.249. The molecular formula is C13H20N2O4. The topological polar surface area (TPSA) is 75.8 Å². The molecule has 1 aromatic carbocycles. The van der Waals surface area contributed by atoms with Crippen LogP contribution in [-0.4, -0.2) is 41.2 Å². The van der Waals surface area contributed by atoms with Crippen LogP contribution in [0.4, 0.5) is 5.69 Å². The molecule has 6 nitrogen and oxygen atoms in total. The maximum atomic E-state index is 10.8. The summed E-state index contributed by atoms with van der Waals surface area (Å²) in [6, 6.07) is 4.78. The fraction of sp³-hybridized carbons (Fsp3) is 0.538. The van der Waals surface area contributed by atoms with Gasteiger partial charge in [-0.3, -0.25) is 15.0 Å². The molecule has 0 spiro atoms. The quantitative estimate of drug-likeness (QED) is 0.629. The van der Waals surface area contributed by atoms with Gasteiger partial charge in [-0.15, -0.1) is 0 Å². The molecule has 0 fully saturated rings. The molecule has 0 radical (unpaired) electrons. The number of methoxy groups -OCH3 is 1. The molecule has 0 aromatic heterocycles. The third kappa shape index (κ3) is 4.84. The van der Waals surface area contributed by atoms with Crippen LogP contribution in [0.2, 0.25) is 0 Å². The Labute approximate surface area is 112 Å². The van der Waals surface area contributed by atoms with Crippen molar-refractivity contribution >= 4 is 5.69 Å². The molecule has 1 aromatic rings. The van der Waals surface area contributed by atoms with Gasteiger partial charge in [0, 0.05) is 19.2 Å². The minimum absolute atomic E-state index is 0.0450. The SMILES string of the molecule is COc1cc(CN(C)CC(C)(C)O)ccc1[N+](=O)[O-]. The number of likely N-dealkylation sites (N-methyl/N-ethyl adjacent to an activating group) is 1. The van der Waals surface area contributed by atoms with Gasteiger partial charge in [0.15, 0.2) is 5.75 Å². The number of nitrogens with zero attached hydrogens (tertiary/aromatic N) is 2. The molecule has 0 unspecified atom stereocenters. The number of rotatable bonds is 6. The van der Waals surface area contributed by atoms with Gasteiger partial charge < -0.3 is 9.84 Å². The van der Waals surface area contributed by atoms with Crippen molar-refractivity contribution in [2.24, 2.45) is 0 Å². The van der Waals surface area contributed by atoms with Crippen LogP contribution in [0.3, 0.4) is 0 Å². The van der Waals surface area contributed by atoms with Crippen LogP contribution in [0.15, 0.2) is 18.2 Å². The smallest absolute Gasteiger partial charge is 0.310 e. The van der Waals surface area contributed by atoms with Gasteiger partial charge >= 0.3 is 5.69 Å². The Morgan fingerprint density at radius 1 is 1.47 bits per heavy atom. The Hall–Kier alpha value is -1.66. The zero-order valence-electron chi connectivity index (χ0n) is 11.7. The molecule has 1 N–H and O–H groups in total. The van der Waals surface area contributed by atoms with Gasteiger partial charge in [0.25, 0.3) is 0 Å². The Morgan fingerprint density at radius 3 is 2.58 bits per heavy atom. The first kappa shape index (κ1) is 15.4. The Balaban J connectivity index is 2.83. The highest BCUT2D eigenvalue weighted by molar-refractivity contribution is 5.48. The van der Waals surface area contributed by atoms with Crippen molar-refractivity contribution in [2.45, 2.75) is 26.0 Å². The minimum atomic E-state index is -0.778. The molecule has 0 aliphatic carbocycles. The number of nitro groups is 1. The van der Waals surface area contributed by atoms with E-state index in [2.05, 4.69) is 0 Å². The third-order valence-corrected chi connectivity index (χ3v) is 2.55. The zero-order valence-corrected chi connectivity index (χ0v) is 11.7. The molecule has 106 valence electrons. The highest BCUT2D eigenvalue weighted by Crippen LogP contribution is 2.27. The maximum absolute atomic E-state index is 10.8. The highest BCUT2D eigenvalue weighted by atomic mass is 16.6. The van der Waals surface area contributed by atoms with Crippen molar-refractivity contribution < 1.29 is 14.8 Å². The van der Waals surface area contributed by atoms with Gasteiger partial charge in [0.2, 0.25) is 0 Å². The first-order valence-corrected chi connectivity index (χ1v) is 5.95. The van der Waals surface area contributed by atoms with E-state index in [4.69, 9.17) is 4.74 Å². The number of hydrogen-bond acceptors (Lipinski definition) is 5. The largest absolute Gasteiger partial charge is 0.490 e. The van der Waals surface area contributed by atoms with E-state index in [9.17, 15) is 15.2 Å². The summed E-state index contributed by atoms with van der Waals surface area (Å²) in [6.07, 6.45) is 0. The fourth-order valence-corrected chi connectivity index (χ4v) is 2.00. The summed E-state index contributed by atoms with van der Waals surface area (Å²) < 4.78 is 5.02. The number of aliphatic hydroxyl groups is 1. The number of benzene rings is 1. The molecule has 0 heterocycles. The Kier molecular flexibility index (Phi) is 4.85. The summed E-state index contributed by atoms with van der Waals surface area (Å²) in [4.78, 5) is 12.3. The number of hydrogen-bond donors (Lipinski definition) is 1. The molecule has 6 heteroatoms. The summed E-state index contributed by atoms with van der Waals surface area (Å²) in [7, 11) is 3.29. The second kappa shape index (κ2) is 5.99. The molecule has 0 bridgehead atoms. The van der Waals surface area contributed by atoms with E-state index in [1.165, 1.54) is 13.2 Å². The van der Waals surface area contributed by atoms with Crippen molar-refractivity contribution in [2.75, 3.05) is 20.7 Å². The van der Waals surface area contributed by atoms with Gasteiger partial charge in [-0.05, 0) is 32.5 Å². The van der Waals surface area contributed by atoms with E-state index in [-0.39, 0.29) is 11.4 Å². The standard InChI is InChI=1S/C13H20N2O4/c1-13(2,16)9-14(3)8-10-5-6-11(15(17)18)12(7-10)19-4/h5-7,16H,8-9H2,1-4H3. The van der Waals surface area contributed by atoms with Crippen molar-refractivity contribution in [1.82, 2.24) is 4.90 Å². The monoisotopic (exact) mass is 268 g/mol. The molecule has 0 atom stereocenters. The predicted octanol–water partition coefficient (Wildman–Crippen LogP) is 1.81. The van der Waals surface area contributed by atoms with Crippen molar-refractivity contribution in [3.05, 3.63) is 33.9 Å². The maximum Gasteiger partial charge on any atom is 0.310 e. The van der Waals surface area contributed by atoms with Crippen LogP contribution < -0.4 is 4.74 Å². The van der Waals surface area contributed by atoms with E-state index in [1.807, 2.05) is 11.9 Å². The van der Waals surface area contributed by atoms with Gasteiger partial charge in [-0.2, -0.15) is 0 Å². The van der Waals surface area contributed by atoms with Crippen molar-refractivity contribution in [1.29, 1.82) is 0 Å². The van der Waals surface area contributed by atoms with E-state index in [0.29, 0.717) is 13.1 Å². The summed E-state index contributed by atoms with van der Waals surface area (Å²) in [6.45, 7) is 4.56. The molecular weight excluding hydrogens is 248 g/mol. The van der Waals surface area contributed by atoms with Crippen molar-refractivity contribution in [3.63, 3.8) is 0 Å². The fourth-order valence-electron chi connectivity index (χ4n) is 2.00. The van der Waals surface area contributed by atoms with Crippen LogP contribution in [0, 0.1) is 10.1 Å². The lowest BCUT2D eigenvalue weighted by Gasteiger charge is -2.25. The molecule has 0 amide bonds. The van der Waals surface area contributed by atoms with Gasteiger partial charge in [0.05, 0.1) is 17.6 Å². The number of ether oxygens (including phenoxy) is 1. The van der Waals surface area contributed by atoms with Gasteiger partial charge in [-0.1, -0.05) is 6.07 Å². The minimum Gasteiger partial charge on any atom is -0.490 e. The lowest BCUT2D eigenvalue weighted by atomic mass is 10.1. The summed E-state index contributed by atoms with van der Waals surface area (Å²) in [5.41, 5.74) is 0.0742. The van der Waals surface area contributed by atoms with E-state index in [0.717, 1.165) is 5.56 Å². The van der Waals surface area contributed by atoms with Crippen LogP contribution in [-0.2, 0) is 6.54 Å². The molecule has 0 aliphatic heterocycles. The third-order valence-electron chi connectivity index (χ3n) is 2.55. The van der Waals surface area contributed by atoms with Gasteiger partial charge in [0.1, 0.15) is 0 Å². The average Bonchev–Trinajstić information content (AvgIpc) is 2.25. The predicted molar refractivity (Wildman–Crippen MR) is 72.3 cm³/mol. The van der Waals surface area contributed by atoms with Crippen LogP contribution >= 0.6 is 0 Å². The second-order valence-corrected chi connectivity index (χ2v) is 5.25. The molecule has 19 heavy (non-hydrogen) atoms. The summed E-state index contributed by atoms with van der Waals surface area (Å²) in [5, 5.41) is 20.5. The van der Waals surface area contributed by atoms with E-state index >= 15 is 0 Å². The first-order chi connectivity index (χ1) is 8.73. The average molecular weight is 268 g/mol. The molecule has 0 saturated carbocycles. The van der Waals surface area contributed by atoms with E-state index < -0.39 is 10.5 Å². The summed E-state index contributed by atoms with van der Waals surface area (Å²) >= 11 is 0. The van der Waals surface area contributed by atoms with Gasteiger partial charge in [-0.25, -0.2) is 0 Å². The van der Waals surface area contributed by atoms with E-state index in [1.54, 1.807) is 26.0 Å². The number of nitro benzene ring substituents is 1. The van der Waals surface area contributed by atoms with Crippen LogP contribution in [0.1, 0.15) is 19.4 Å². The zero-order chi connectivity index (χ0) is 14.6. The first-order valence-electron chi connectivity index (χ1n) is 5.95.